The largest absolute Gasteiger partial charge is 0.393 e. The molecule has 1 aromatic carbocycles. The van der Waals surface area contributed by atoms with Crippen LogP contribution in [0.5, 0.6) is 0 Å². The van der Waals surface area contributed by atoms with Crippen LogP contribution in [0.15, 0.2) is 30.3 Å². The Hall–Kier alpha value is -1.96. The maximum absolute atomic E-state index is 13.0. The second-order valence-corrected chi connectivity index (χ2v) is 8.17. The van der Waals surface area contributed by atoms with Crippen LogP contribution in [-0.2, 0) is 14.3 Å². The van der Waals surface area contributed by atoms with Crippen molar-refractivity contribution in [2.75, 3.05) is 46.9 Å². The molecule has 0 radical (unpaired) electrons. The molecule has 7 nitrogen and oxygen atoms in total. The molecular weight excluding hydrogens is 370 g/mol. The van der Waals surface area contributed by atoms with E-state index in [1.54, 1.807) is 14.1 Å². The molecule has 0 saturated carbocycles. The molecule has 2 fully saturated rings. The van der Waals surface area contributed by atoms with Crippen LogP contribution < -0.4 is 0 Å². The zero-order chi connectivity index (χ0) is 20.8. The van der Waals surface area contributed by atoms with E-state index in [2.05, 4.69) is 4.90 Å². The average molecular weight is 404 g/mol. The molecule has 1 aromatic rings. The lowest BCUT2D eigenvalue weighted by molar-refractivity contribution is -0.150. The second-order valence-electron chi connectivity index (χ2n) is 8.17. The van der Waals surface area contributed by atoms with Crippen molar-refractivity contribution < 1.29 is 19.4 Å². The smallest absolute Gasteiger partial charge is 0.223 e. The molecule has 160 valence electrons. The van der Waals surface area contributed by atoms with E-state index >= 15 is 0 Å². The van der Waals surface area contributed by atoms with Crippen molar-refractivity contribution in [1.29, 1.82) is 0 Å². The van der Waals surface area contributed by atoms with Crippen LogP contribution in [0, 0.1) is 0 Å². The van der Waals surface area contributed by atoms with Gasteiger partial charge in [-0.25, -0.2) is 0 Å². The van der Waals surface area contributed by atoms with E-state index in [1.807, 2.05) is 35.2 Å². The molecule has 1 N–H and O–H groups in total. The van der Waals surface area contributed by atoms with Gasteiger partial charge in [0.2, 0.25) is 11.8 Å². The van der Waals surface area contributed by atoms with Crippen molar-refractivity contribution in [2.45, 2.75) is 43.9 Å². The summed E-state index contributed by atoms with van der Waals surface area (Å²) in [7, 11) is 3.42. The molecule has 0 aromatic heterocycles. The first-order valence-corrected chi connectivity index (χ1v) is 10.5. The number of piperidine rings is 1. The molecular formula is C22H33N3O4. The number of benzene rings is 1. The fraction of sp³-hybridized carbons (Fsp3) is 0.636. The third kappa shape index (κ3) is 5.78. The highest BCUT2D eigenvalue weighted by atomic mass is 16.5. The summed E-state index contributed by atoms with van der Waals surface area (Å²) >= 11 is 0. The molecule has 2 atom stereocenters. The molecule has 2 heterocycles. The maximum atomic E-state index is 13.0. The minimum Gasteiger partial charge on any atom is -0.393 e. The number of morpholine rings is 1. The second kappa shape index (κ2) is 10.2. The van der Waals surface area contributed by atoms with E-state index in [0.717, 1.165) is 38.0 Å². The number of rotatable bonds is 6. The molecule has 2 aliphatic heterocycles. The van der Waals surface area contributed by atoms with E-state index in [9.17, 15) is 14.7 Å². The predicted molar refractivity (Wildman–Crippen MR) is 110 cm³/mol. The molecule has 3 rings (SSSR count). The fourth-order valence-corrected chi connectivity index (χ4v) is 4.15. The predicted octanol–water partition coefficient (Wildman–Crippen LogP) is 1.28. The van der Waals surface area contributed by atoms with Crippen LogP contribution in [-0.4, -0.2) is 90.7 Å². The third-order valence-corrected chi connectivity index (χ3v) is 5.86. The number of aliphatic hydroxyl groups is 1. The first kappa shape index (κ1) is 21.7. The molecule has 0 bridgehead atoms. The van der Waals surface area contributed by atoms with Crippen LogP contribution in [0.1, 0.15) is 37.3 Å². The van der Waals surface area contributed by atoms with Gasteiger partial charge in [0.05, 0.1) is 24.9 Å². The van der Waals surface area contributed by atoms with Crippen molar-refractivity contribution in [1.82, 2.24) is 14.7 Å². The van der Waals surface area contributed by atoms with Gasteiger partial charge in [0.25, 0.3) is 0 Å². The molecule has 0 unspecified atom stereocenters. The first-order chi connectivity index (χ1) is 14.0. The fourth-order valence-electron chi connectivity index (χ4n) is 4.15. The standard InChI is InChI=1S/C22H33N3O4/c1-23(2)20(27)8-9-21(28)25-14-15-29-19(16-24-12-10-18(26)11-13-24)22(25)17-6-4-3-5-7-17/h3-7,18-19,22,26H,8-16H2,1-2H3/t19-,22-/m0/s1. The highest BCUT2D eigenvalue weighted by molar-refractivity contribution is 5.84. The normalized spacial score (nSPS) is 23.8. The van der Waals surface area contributed by atoms with Crippen LogP contribution in [0.3, 0.4) is 0 Å². The number of amides is 2. The van der Waals surface area contributed by atoms with Gasteiger partial charge in [-0.15, -0.1) is 0 Å². The minimum atomic E-state index is -0.212. The van der Waals surface area contributed by atoms with Gasteiger partial charge >= 0.3 is 0 Å². The lowest BCUT2D eigenvalue weighted by Gasteiger charge is -2.44. The van der Waals surface area contributed by atoms with Gasteiger partial charge in [-0.1, -0.05) is 30.3 Å². The monoisotopic (exact) mass is 403 g/mol. The SMILES string of the molecule is CN(C)C(=O)CCC(=O)N1CCO[C@@H](CN2CCC(O)CC2)[C@@H]1c1ccccc1. The Morgan fingerprint density at radius 1 is 1.10 bits per heavy atom. The zero-order valence-electron chi connectivity index (χ0n) is 17.5. The van der Waals surface area contributed by atoms with E-state index < -0.39 is 0 Å². The summed E-state index contributed by atoms with van der Waals surface area (Å²) < 4.78 is 6.15. The molecule has 0 aliphatic carbocycles. The molecule has 7 heteroatoms. The number of likely N-dealkylation sites (tertiary alicyclic amines) is 1. The van der Waals surface area contributed by atoms with Crippen LogP contribution in [0.2, 0.25) is 0 Å². The minimum absolute atomic E-state index is 0.00332. The van der Waals surface area contributed by atoms with E-state index in [1.165, 1.54) is 4.90 Å². The Morgan fingerprint density at radius 3 is 2.45 bits per heavy atom. The van der Waals surface area contributed by atoms with Crippen molar-refractivity contribution in [3.05, 3.63) is 35.9 Å². The van der Waals surface area contributed by atoms with Gasteiger partial charge < -0.3 is 24.5 Å². The number of nitrogens with zero attached hydrogens (tertiary/aromatic N) is 3. The zero-order valence-corrected chi connectivity index (χ0v) is 17.5. The summed E-state index contributed by atoms with van der Waals surface area (Å²) in [6.07, 6.45) is 1.64. The summed E-state index contributed by atoms with van der Waals surface area (Å²) in [4.78, 5) is 30.7. The van der Waals surface area contributed by atoms with E-state index in [0.29, 0.717) is 13.2 Å². The van der Waals surface area contributed by atoms with Gasteiger partial charge in [-0.05, 0) is 18.4 Å². The van der Waals surface area contributed by atoms with Gasteiger partial charge in [-0.3, -0.25) is 9.59 Å². The van der Waals surface area contributed by atoms with Crippen LogP contribution in [0.25, 0.3) is 0 Å². The van der Waals surface area contributed by atoms with Gasteiger partial charge in [0.1, 0.15) is 0 Å². The Bertz CT molecular complexity index is 674. The number of hydrogen-bond donors (Lipinski definition) is 1. The lowest BCUT2D eigenvalue weighted by atomic mass is 9.96. The number of carbonyl (C=O) groups excluding carboxylic acids is 2. The highest BCUT2D eigenvalue weighted by Crippen LogP contribution is 2.31. The van der Waals surface area contributed by atoms with E-state index in [-0.39, 0.29) is 42.9 Å². The van der Waals surface area contributed by atoms with Gasteiger partial charge in [0, 0.05) is 53.1 Å². The number of ether oxygens (including phenoxy) is 1. The average Bonchev–Trinajstić information content (AvgIpc) is 2.73. The summed E-state index contributed by atoms with van der Waals surface area (Å²) in [6, 6.07) is 9.84. The molecule has 2 aliphatic rings. The Morgan fingerprint density at radius 2 is 1.79 bits per heavy atom. The van der Waals surface area contributed by atoms with Crippen LogP contribution >= 0.6 is 0 Å². The molecule has 0 spiro atoms. The number of carbonyl (C=O) groups is 2. The Kier molecular flexibility index (Phi) is 7.64. The highest BCUT2D eigenvalue weighted by Gasteiger charge is 2.37. The number of hydrogen-bond acceptors (Lipinski definition) is 5. The summed E-state index contributed by atoms with van der Waals surface area (Å²) in [5.41, 5.74) is 1.06. The third-order valence-electron chi connectivity index (χ3n) is 5.86. The van der Waals surface area contributed by atoms with Gasteiger partial charge in [-0.2, -0.15) is 0 Å². The van der Waals surface area contributed by atoms with Crippen molar-refractivity contribution >= 4 is 11.8 Å². The molecule has 2 saturated heterocycles. The molecule has 2 amide bonds. The Balaban J connectivity index is 1.74. The summed E-state index contributed by atoms with van der Waals surface area (Å²) in [5, 5.41) is 9.78. The first-order valence-electron chi connectivity index (χ1n) is 10.5. The lowest BCUT2D eigenvalue weighted by Crippen LogP contribution is -2.53. The molecule has 29 heavy (non-hydrogen) atoms. The van der Waals surface area contributed by atoms with Crippen molar-refractivity contribution in [3.63, 3.8) is 0 Å². The summed E-state index contributed by atoms with van der Waals surface area (Å²) in [5.74, 6) is -0.0392. The number of aliphatic hydroxyl groups excluding tert-OH is 1. The topological polar surface area (TPSA) is 73.3 Å². The van der Waals surface area contributed by atoms with Crippen molar-refractivity contribution in [3.8, 4) is 0 Å². The summed E-state index contributed by atoms with van der Waals surface area (Å²) in [6.45, 7) is 3.44. The van der Waals surface area contributed by atoms with Crippen LogP contribution in [0.4, 0.5) is 0 Å². The Labute approximate surface area is 173 Å². The van der Waals surface area contributed by atoms with Crippen molar-refractivity contribution in [2.24, 2.45) is 0 Å². The maximum Gasteiger partial charge on any atom is 0.223 e. The van der Waals surface area contributed by atoms with Gasteiger partial charge in [0.15, 0.2) is 0 Å². The quantitative estimate of drug-likeness (QED) is 0.775. The van der Waals surface area contributed by atoms with E-state index in [4.69, 9.17) is 4.74 Å².